The summed E-state index contributed by atoms with van der Waals surface area (Å²) in [7, 11) is -0.562. The third-order valence-electron chi connectivity index (χ3n) is 3.74. The smallest absolute Gasteiger partial charge is 0.328 e. The maximum atomic E-state index is 12.6. The lowest BCUT2D eigenvalue weighted by Gasteiger charge is -2.08. The second kappa shape index (κ2) is 5.87. The first-order valence-corrected chi connectivity index (χ1v) is 9.25. The fraction of sp³-hybridized carbons (Fsp3) is 0.286. The summed E-state index contributed by atoms with van der Waals surface area (Å²) >= 11 is 3.27. The van der Waals surface area contributed by atoms with Crippen LogP contribution in [0.4, 0.5) is 0 Å². The first-order chi connectivity index (χ1) is 11.2. The molecular formula is C14H15BrN4O4S. The Kier molecular flexibility index (Phi) is 4.14. The zero-order valence-corrected chi connectivity index (χ0v) is 15.6. The van der Waals surface area contributed by atoms with Crippen molar-refractivity contribution in [3.63, 3.8) is 0 Å². The Morgan fingerprint density at radius 3 is 2.42 bits per heavy atom. The van der Waals surface area contributed by atoms with Crippen LogP contribution in [0, 0.1) is 6.92 Å². The molecule has 0 aliphatic rings. The van der Waals surface area contributed by atoms with Crippen molar-refractivity contribution in [3.8, 4) is 0 Å². The minimum Gasteiger partial charge on any atom is -0.361 e. The maximum absolute atomic E-state index is 12.6. The molecule has 0 spiro atoms. The molecule has 0 fully saturated rings. The molecule has 8 nitrogen and oxygen atoms in total. The number of hydrogen-bond acceptors (Lipinski definition) is 5. The van der Waals surface area contributed by atoms with Crippen LogP contribution in [0.1, 0.15) is 11.5 Å². The van der Waals surface area contributed by atoms with Crippen LogP contribution in [0.15, 0.2) is 36.9 Å². The standard InChI is InChI=1S/C14H15BrN4O4S/c1-8-4-9(17-23-8)7-16-24(21,22)13-6-12-11(5-10(13)15)18(2)14(20)19(12)3/h4-6,16H,7H2,1-3H3. The van der Waals surface area contributed by atoms with Gasteiger partial charge < -0.3 is 4.52 Å². The van der Waals surface area contributed by atoms with Crippen molar-refractivity contribution >= 4 is 37.0 Å². The Hall–Kier alpha value is -1.91. The number of nitrogens with zero attached hydrogens (tertiary/aromatic N) is 3. The molecule has 0 saturated heterocycles. The lowest BCUT2D eigenvalue weighted by Crippen LogP contribution is -2.23. The number of sulfonamides is 1. The van der Waals surface area contributed by atoms with Crippen molar-refractivity contribution in [1.82, 2.24) is 19.0 Å². The van der Waals surface area contributed by atoms with Crippen molar-refractivity contribution in [2.75, 3.05) is 0 Å². The normalized spacial score (nSPS) is 12.2. The predicted molar refractivity (Wildman–Crippen MR) is 91.1 cm³/mol. The van der Waals surface area contributed by atoms with Gasteiger partial charge in [-0.2, -0.15) is 0 Å². The highest BCUT2D eigenvalue weighted by Gasteiger charge is 2.21. The average molecular weight is 415 g/mol. The highest BCUT2D eigenvalue weighted by atomic mass is 79.9. The van der Waals surface area contributed by atoms with Gasteiger partial charge >= 0.3 is 5.69 Å². The molecule has 3 rings (SSSR count). The quantitative estimate of drug-likeness (QED) is 0.695. The molecule has 0 amide bonds. The molecule has 2 heterocycles. The largest absolute Gasteiger partial charge is 0.361 e. The molecule has 1 N–H and O–H groups in total. The number of halogens is 1. The van der Waals surface area contributed by atoms with Gasteiger partial charge in [-0.25, -0.2) is 17.9 Å². The molecular weight excluding hydrogens is 400 g/mol. The Bertz CT molecular complexity index is 1090. The SMILES string of the molecule is Cc1cc(CNS(=O)(=O)c2cc3c(cc2Br)n(C)c(=O)n3C)no1. The minimum atomic E-state index is -3.79. The van der Waals surface area contributed by atoms with Crippen LogP contribution >= 0.6 is 15.9 Å². The number of imidazole rings is 1. The first kappa shape index (κ1) is 16.9. The predicted octanol–water partition coefficient (Wildman–Crippen LogP) is 1.41. The van der Waals surface area contributed by atoms with E-state index in [9.17, 15) is 13.2 Å². The molecule has 0 aliphatic carbocycles. The topological polar surface area (TPSA) is 99.1 Å². The number of benzene rings is 1. The zero-order valence-electron chi connectivity index (χ0n) is 13.2. The maximum Gasteiger partial charge on any atom is 0.328 e. The third kappa shape index (κ3) is 2.80. The van der Waals surface area contributed by atoms with Crippen LogP contribution in [0.3, 0.4) is 0 Å². The Morgan fingerprint density at radius 1 is 1.21 bits per heavy atom. The van der Waals surface area contributed by atoms with Gasteiger partial charge in [0.2, 0.25) is 10.0 Å². The molecule has 0 unspecified atom stereocenters. The van der Waals surface area contributed by atoms with E-state index < -0.39 is 10.0 Å². The molecule has 0 aliphatic heterocycles. The molecule has 10 heteroatoms. The van der Waals surface area contributed by atoms with Gasteiger partial charge in [0.25, 0.3) is 0 Å². The molecule has 0 bridgehead atoms. The molecule has 128 valence electrons. The Labute approximate surface area is 146 Å². The van der Waals surface area contributed by atoms with E-state index in [4.69, 9.17) is 4.52 Å². The number of aryl methyl sites for hydroxylation is 3. The van der Waals surface area contributed by atoms with Gasteiger partial charge in [0.15, 0.2) is 0 Å². The lowest BCUT2D eigenvalue weighted by molar-refractivity contribution is 0.390. The number of aromatic nitrogens is 3. The molecule has 0 saturated carbocycles. The number of fused-ring (bicyclic) bond motifs is 1. The van der Waals surface area contributed by atoms with Gasteiger partial charge in [-0.05, 0) is 35.0 Å². The Balaban J connectivity index is 2.02. The summed E-state index contributed by atoms with van der Waals surface area (Å²) < 4.78 is 35.8. The molecule has 3 aromatic rings. The summed E-state index contributed by atoms with van der Waals surface area (Å²) in [5, 5.41) is 3.75. The summed E-state index contributed by atoms with van der Waals surface area (Å²) in [6, 6.07) is 4.74. The van der Waals surface area contributed by atoms with Crippen molar-refractivity contribution < 1.29 is 12.9 Å². The van der Waals surface area contributed by atoms with Crippen molar-refractivity contribution in [2.24, 2.45) is 14.1 Å². The second-order valence-electron chi connectivity index (χ2n) is 5.43. The molecule has 0 radical (unpaired) electrons. The van der Waals surface area contributed by atoms with Crippen LogP contribution in [0.5, 0.6) is 0 Å². The lowest BCUT2D eigenvalue weighted by atomic mass is 10.3. The van der Waals surface area contributed by atoms with Crippen LogP contribution in [0.25, 0.3) is 11.0 Å². The molecule has 0 atom stereocenters. The molecule has 1 aromatic carbocycles. The van der Waals surface area contributed by atoms with Gasteiger partial charge in [-0.1, -0.05) is 5.16 Å². The summed E-state index contributed by atoms with van der Waals surface area (Å²) in [6.45, 7) is 1.74. The summed E-state index contributed by atoms with van der Waals surface area (Å²) in [6.07, 6.45) is 0. The van der Waals surface area contributed by atoms with Crippen LogP contribution in [-0.4, -0.2) is 22.7 Å². The minimum absolute atomic E-state index is 0.0118. The highest BCUT2D eigenvalue weighted by molar-refractivity contribution is 9.10. The number of hydrogen-bond donors (Lipinski definition) is 1. The fourth-order valence-corrected chi connectivity index (χ4v) is 4.50. The number of nitrogens with one attached hydrogen (secondary N) is 1. The van der Waals surface area contributed by atoms with Crippen LogP contribution < -0.4 is 10.4 Å². The monoisotopic (exact) mass is 414 g/mol. The van der Waals surface area contributed by atoms with E-state index in [1.807, 2.05) is 0 Å². The fourth-order valence-electron chi connectivity index (χ4n) is 2.45. The van der Waals surface area contributed by atoms with Crippen LogP contribution in [-0.2, 0) is 30.7 Å². The van der Waals surface area contributed by atoms with E-state index >= 15 is 0 Å². The van der Waals surface area contributed by atoms with E-state index in [-0.39, 0.29) is 17.1 Å². The first-order valence-electron chi connectivity index (χ1n) is 6.97. The highest BCUT2D eigenvalue weighted by Crippen LogP contribution is 2.27. The summed E-state index contributed by atoms with van der Waals surface area (Å²) in [4.78, 5) is 12.1. The van der Waals surface area contributed by atoms with Gasteiger partial charge in [0.05, 0.1) is 28.2 Å². The van der Waals surface area contributed by atoms with Gasteiger partial charge in [-0.3, -0.25) is 9.13 Å². The zero-order chi connectivity index (χ0) is 17.6. The molecule has 24 heavy (non-hydrogen) atoms. The summed E-state index contributed by atoms with van der Waals surface area (Å²) in [5.41, 5.74) is 1.43. The van der Waals surface area contributed by atoms with Crippen LogP contribution in [0.2, 0.25) is 0 Å². The van der Waals surface area contributed by atoms with Gasteiger partial charge in [0, 0.05) is 24.6 Å². The van der Waals surface area contributed by atoms with E-state index in [2.05, 4.69) is 25.8 Å². The average Bonchev–Trinajstić information content (AvgIpc) is 3.03. The number of rotatable bonds is 4. The second-order valence-corrected chi connectivity index (χ2v) is 8.02. The molecule has 2 aromatic heterocycles. The van der Waals surface area contributed by atoms with Crippen molar-refractivity contribution in [2.45, 2.75) is 18.4 Å². The third-order valence-corrected chi connectivity index (χ3v) is 6.09. The Morgan fingerprint density at radius 2 is 1.83 bits per heavy atom. The van der Waals surface area contributed by atoms with E-state index in [1.165, 1.54) is 15.2 Å². The van der Waals surface area contributed by atoms with E-state index in [0.29, 0.717) is 27.0 Å². The summed E-state index contributed by atoms with van der Waals surface area (Å²) in [5.74, 6) is 0.603. The van der Waals surface area contributed by atoms with E-state index in [0.717, 1.165) is 0 Å². The van der Waals surface area contributed by atoms with Gasteiger partial charge in [-0.15, -0.1) is 0 Å². The van der Waals surface area contributed by atoms with Gasteiger partial charge in [0.1, 0.15) is 5.76 Å². The van der Waals surface area contributed by atoms with Crippen molar-refractivity contribution in [1.29, 1.82) is 0 Å². The van der Waals surface area contributed by atoms with Crippen molar-refractivity contribution in [3.05, 3.63) is 44.6 Å². The van der Waals surface area contributed by atoms with E-state index in [1.54, 1.807) is 33.2 Å².